The van der Waals surface area contributed by atoms with Gasteiger partial charge in [-0.15, -0.1) is 0 Å². The monoisotopic (exact) mass is 419 g/mol. The maximum Gasteiger partial charge on any atom is 0.408 e. The van der Waals surface area contributed by atoms with Crippen molar-refractivity contribution >= 4 is 17.9 Å². The van der Waals surface area contributed by atoms with Crippen molar-refractivity contribution < 1.29 is 19.1 Å². The van der Waals surface area contributed by atoms with Crippen LogP contribution >= 0.6 is 0 Å². The minimum absolute atomic E-state index is 0.0422. The van der Waals surface area contributed by atoms with E-state index in [0.29, 0.717) is 13.0 Å². The fourth-order valence-corrected chi connectivity index (χ4v) is 7.09. The predicted octanol–water partition coefficient (Wildman–Crippen LogP) is 2.96. The zero-order valence-electron chi connectivity index (χ0n) is 18.8. The minimum atomic E-state index is -0.727. The molecule has 3 aliphatic carbocycles. The molecule has 1 saturated heterocycles. The molecule has 1 aliphatic heterocycles. The number of nitrogens with two attached hydrogens (primary N) is 1. The summed E-state index contributed by atoms with van der Waals surface area (Å²) in [4.78, 5) is 40.0. The van der Waals surface area contributed by atoms with Gasteiger partial charge in [0.2, 0.25) is 11.8 Å². The molecule has 2 spiro atoms. The molecule has 0 bridgehead atoms. The van der Waals surface area contributed by atoms with Gasteiger partial charge in [-0.2, -0.15) is 0 Å². The first-order valence-corrected chi connectivity index (χ1v) is 11.6. The highest BCUT2D eigenvalue weighted by atomic mass is 16.6. The Bertz CT molecular complexity index is 739. The Balaban J connectivity index is 1.50. The van der Waals surface area contributed by atoms with Gasteiger partial charge >= 0.3 is 6.09 Å². The van der Waals surface area contributed by atoms with Gasteiger partial charge in [-0.25, -0.2) is 4.79 Å². The van der Waals surface area contributed by atoms with Gasteiger partial charge < -0.3 is 20.7 Å². The van der Waals surface area contributed by atoms with E-state index in [1.807, 2.05) is 13.8 Å². The normalized spacial score (nSPS) is 32.3. The number of hydrogen-bond donors (Lipinski definition) is 2. The van der Waals surface area contributed by atoms with Crippen LogP contribution in [-0.4, -0.2) is 47.5 Å². The van der Waals surface area contributed by atoms with E-state index in [-0.39, 0.29) is 34.2 Å². The molecule has 4 fully saturated rings. The van der Waals surface area contributed by atoms with Gasteiger partial charge in [0, 0.05) is 12.0 Å². The van der Waals surface area contributed by atoms with E-state index in [1.165, 1.54) is 6.42 Å². The Morgan fingerprint density at radius 2 is 1.70 bits per heavy atom. The molecule has 168 valence electrons. The van der Waals surface area contributed by atoms with E-state index in [4.69, 9.17) is 10.5 Å². The first-order chi connectivity index (χ1) is 14.1. The molecule has 3 saturated carbocycles. The third kappa shape index (κ3) is 2.87. The second kappa shape index (κ2) is 7.13. The van der Waals surface area contributed by atoms with E-state index < -0.39 is 24.1 Å². The van der Waals surface area contributed by atoms with Crippen molar-refractivity contribution in [3.05, 3.63) is 0 Å². The van der Waals surface area contributed by atoms with Gasteiger partial charge in [0.25, 0.3) is 0 Å². The van der Waals surface area contributed by atoms with E-state index in [1.54, 1.807) is 4.90 Å². The molecule has 7 nitrogen and oxygen atoms in total. The van der Waals surface area contributed by atoms with Crippen LogP contribution in [0.4, 0.5) is 4.79 Å². The lowest BCUT2D eigenvalue weighted by atomic mass is 9.73. The topological polar surface area (TPSA) is 102 Å². The summed E-state index contributed by atoms with van der Waals surface area (Å²) >= 11 is 0. The van der Waals surface area contributed by atoms with Crippen LogP contribution in [0.25, 0.3) is 0 Å². The zero-order chi connectivity index (χ0) is 21.9. The Labute approximate surface area is 179 Å². The van der Waals surface area contributed by atoms with E-state index >= 15 is 0 Å². The van der Waals surface area contributed by atoms with Crippen LogP contribution in [-0.2, 0) is 14.3 Å². The van der Waals surface area contributed by atoms with Gasteiger partial charge in [0.1, 0.15) is 18.2 Å². The fourth-order valence-electron chi connectivity index (χ4n) is 7.09. The molecule has 0 unspecified atom stereocenters. The number of alkyl carbamates (subject to hydrolysis) is 1. The van der Waals surface area contributed by atoms with Crippen LogP contribution < -0.4 is 11.1 Å². The molecule has 30 heavy (non-hydrogen) atoms. The molecule has 4 rings (SSSR count). The lowest BCUT2D eigenvalue weighted by Crippen LogP contribution is -2.55. The quantitative estimate of drug-likeness (QED) is 0.715. The molecular weight excluding hydrogens is 382 g/mol. The summed E-state index contributed by atoms with van der Waals surface area (Å²) < 4.78 is 5.51. The van der Waals surface area contributed by atoms with Gasteiger partial charge in [-0.1, -0.05) is 34.1 Å². The van der Waals surface area contributed by atoms with Crippen LogP contribution in [0, 0.1) is 22.2 Å². The van der Waals surface area contributed by atoms with Gasteiger partial charge in [0.05, 0.1) is 0 Å². The predicted molar refractivity (Wildman–Crippen MR) is 112 cm³/mol. The van der Waals surface area contributed by atoms with E-state index in [9.17, 15) is 14.4 Å². The molecular formula is C23H37N3O4. The number of ether oxygens (including phenoxy) is 1. The first-order valence-electron chi connectivity index (χ1n) is 11.6. The summed E-state index contributed by atoms with van der Waals surface area (Å²) in [5, 5.41) is 2.79. The molecule has 3 atom stereocenters. The molecule has 1 heterocycles. The van der Waals surface area contributed by atoms with Gasteiger partial charge in [-0.05, 0) is 61.7 Å². The molecule has 7 heteroatoms. The second-order valence-corrected chi connectivity index (χ2v) is 10.9. The third-order valence-electron chi connectivity index (χ3n) is 9.21. The van der Waals surface area contributed by atoms with Crippen molar-refractivity contribution in [1.29, 1.82) is 0 Å². The largest absolute Gasteiger partial charge is 0.446 e. The molecule has 0 aromatic heterocycles. The Morgan fingerprint density at radius 1 is 1.07 bits per heavy atom. The number of carbonyl (C=O) groups excluding carboxylic acids is 3. The van der Waals surface area contributed by atoms with Crippen molar-refractivity contribution in [2.24, 2.45) is 27.9 Å². The summed E-state index contributed by atoms with van der Waals surface area (Å²) in [6.45, 7) is 8.90. The highest BCUT2D eigenvalue weighted by Gasteiger charge is 2.85. The van der Waals surface area contributed by atoms with Crippen LogP contribution in [0.5, 0.6) is 0 Å². The van der Waals surface area contributed by atoms with Gasteiger partial charge in [0.15, 0.2) is 0 Å². The number of rotatable bonds is 5. The lowest BCUT2D eigenvalue weighted by Gasteiger charge is -2.32. The zero-order valence-corrected chi connectivity index (χ0v) is 18.8. The third-order valence-corrected chi connectivity index (χ3v) is 9.21. The number of primary amides is 1. The van der Waals surface area contributed by atoms with Crippen molar-refractivity contribution in [3.8, 4) is 0 Å². The number of amides is 3. The molecule has 3 amide bonds. The number of hydrogen-bond acceptors (Lipinski definition) is 4. The molecule has 4 aliphatic rings. The van der Waals surface area contributed by atoms with Crippen LogP contribution in [0.2, 0.25) is 0 Å². The number of carbonyl (C=O) groups is 3. The Hall–Kier alpha value is -1.79. The van der Waals surface area contributed by atoms with Crippen molar-refractivity contribution in [2.45, 2.75) is 97.2 Å². The summed E-state index contributed by atoms with van der Waals surface area (Å²) in [6, 6.07) is -1.33. The smallest absolute Gasteiger partial charge is 0.408 e. The fraction of sp³-hybridized carbons (Fsp3) is 0.870. The number of nitrogens with zero attached hydrogens (tertiary/aromatic N) is 1. The lowest BCUT2D eigenvalue weighted by molar-refractivity contribution is -0.139. The summed E-state index contributed by atoms with van der Waals surface area (Å²) in [6.07, 6.45) is 7.46. The van der Waals surface area contributed by atoms with E-state index in [0.717, 1.165) is 38.5 Å². The number of likely N-dealkylation sites (tertiary alicyclic amines) is 1. The van der Waals surface area contributed by atoms with Gasteiger partial charge in [-0.3, -0.25) is 9.59 Å². The highest BCUT2D eigenvalue weighted by Crippen LogP contribution is 2.88. The minimum Gasteiger partial charge on any atom is -0.446 e. The van der Waals surface area contributed by atoms with Crippen LogP contribution in [0.1, 0.15) is 79.1 Å². The maximum absolute atomic E-state index is 13.6. The summed E-state index contributed by atoms with van der Waals surface area (Å²) in [5.41, 5.74) is 6.04. The highest BCUT2D eigenvalue weighted by molar-refractivity contribution is 5.92. The second-order valence-electron chi connectivity index (χ2n) is 10.9. The van der Waals surface area contributed by atoms with Crippen molar-refractivity contribution in [3.63, 3.8) is 0 Å². The standard InChI is InChI=1S/C23H37N3O4/c1-14(2)17(25-20(29)30-15-8-5-6-9-15)19(28)26-13-23(12-16(26)18(24)27)21(3,4)22(23)10-7-11-22/h14-17H,5-13H2,1-4H3,(H2,24,27)(H,25,29)/t16-,17-,23+/m0/s1. The maximum atomic E-state index is 13.6. The summed E-state index contributed by atoms with van der Waals surface area (Å²) in [7, 11) is 0. The van der Waals surface area contributed by atoms with Crippen molar-refractivity contribution in [2.75, 3.05) is 6.54 Å². The average molecular weight is 420 g/mol. The molecule has 0 aromatic carbocycles. The van der Waals surface area contributed by atoms with Crippen molar-refractivity contribution in [1.82, 2.24) is 10.2 Å². The van der Waals surface area contributed by atoms with Crippen LogP contribution in [0.3, 0.4) is 0 Å². The molecule has 3 N–H and O–H groups in total. The van der Waals surface area contributed by atoms with Crippen LogP contribution in [0.15, 0.2) is 0 Å². The molecule has 0 aromatic rings. The van der Waals surface area contributed by atoms with E-state index in [2.05, 4.69) is 19.2 Å². The molecule has 0 radical (unpaired) electrons. The SMILES string of the molecule is CC(C)[C@H](NC(=O)OC1CCCC1)C(=O)N1C[C@]2(C[C@H]1C(N)=O)C(C)(C)C21CCC1. The Kier molecular flexibility index (Phi) is 5.09. The average Bonchev–Trinajstić information content (AvgIpc) is 3.08. The number of fused-ring (bicyclic) bond motifs is 1. The summed E-state index contributed by atoms with van der Waals surface area (Å²) in [5.74, 6) is -0.789. The first kappa shape index (κ1) is 21.4. The Morgan fingerprint density at radius 3 is 2.17 bits per heavy atom. The number of nitrogens with one attached hydrogen (secondary N) is 1.